The number of carbonyl (C=O) groups excluding carboxylic acids is 1. The molecule has 0 atom stereocenters. The summed E-state index contributed by atoms with van der Waals surface area (Å²) in [6.07, 6.45) is 6.24. The van der Waals surface area contributed by atoms with E-state index < -0.39 is 0 Å². The molecule has 0 heterocycles. The zero-order valence-corrected chi connectivity index (χ0v) is 18.0. The Balaban J connectivity index is 2.16. The van der Waals surface area contributed by atoms with Crippen molar-refractivity contribution in [2.75, 3.05) is 19.8 Å². The SMILES string of the molecule is CCCOc1ccc(C(=O)C=Cc2ccc(OCCC)c(OCCC)c2C)cc1. The van der Waals surface area contributed by atoms with Crippen molar-refractivity contribution < 1.29 is 19.0 Å². The van der Waals surface area contributed by atoms with Gasteiger partial charge >= 0.3 is 0 Å². The van der Waals surface area contributed by atoms with Crippen LogP contribution in [-0.4, -0.2) is 25.6 Å². The Morgan fingerprint density at radius 3 is 2.10 bits per heavy atom. The molecule has 2 aromatic rings. The Morgan fingerprint density at radius 2 is 1.45 bits per heavy atom. The van der Waals surface area contributed by atoms with Crippen LogP contribution in [0.4, 0.5) is 0 Å². The smallest absolute Gasteiger partial charge is 0.185 e. The molecule has 0 N–H and O–H groups in total. The third kappa shape index (κ3) is 6.67. The second kappa shape index (κ2) is 11.9. The molecule has 0 fully saturated rings. The molecule has 0 unspecified atom stereocenters. The van der Waals surface area contributed by atoms with Gasteiger partial charge in [-0.25, -0.2) is 0 Å². The average Bonchev–Trinajstić information content (AvgIpc) is 2.75. The van der Waals surface area contributed by atoms with Gasteiger partial charge in [-0.2, -0.15) is 0 Å². The molecule has 0 saturated heterocycles. The molecule has 4 heteroatoms. The normalized spacial score (nSPS) is 10.9. The molecule has 0 bridgehead atoms. The first-order chi connectivity index (χ1) is 14.1. The molecule has 2 aromatic carbocycles. The molecule has 29 heavy (non-hydrogen) atoms. The zero-order valence-electron chi connectivity index (χ0n) is 18.0. The summed E-state index contributed by atoms with van der Waals surface area (Å²) >= 11 is 0. The molecule has 4 nitrogen and oxygen atoms in total. The van der Waals surface area contributed by atoms with E-state index in [9.17, 15) is 4.79 Å². The highest BCUT2D eigenvalue weighted by Gasteiger charge is 2.12. The Kier molecular flexibility index (Phi) is 9.29. The standard InChI is InChI=1S/C25H32O4/c1-5-16-27-22-12-8-21(9-13-22)23(26)14-10-20-11-15-24(28-17-6-2)25(19(20)4)29-18-7-3/h8-15H,5-7,16-18H2,1-4H3. The summed E-state index contributed by atoms with van der Waals surface area (Å²) < 4.78 is 17.3. The lowest BCUT2D eigenvalue weighted by Gasteiger charge is -2.16. The second-order valence-corrected chi connectivity index (χ2v) is 6.87. The third-order valence-electron chi connectivity index (χ3n) is 4.35. The number of hydrogen-bond acceptors (Lipinski definition) is 4. The second-order valence-electron chi connectivity index (χ2n) is 6.87. The molecule has 0 radical (unpaired) electrons. The summed E-state index contributed by atoms with van der Waals surface area (Å²) in [5.41, 5.74) is 2.55. The van der Waals surface area contributed by atoms with Crippen molar-refractivity contribution in [3.63, 3.8) is 0 Å². The van der Waals surface area contributed by atoms with Crippen molar-refractivity contribution in [3.05, 3.63) is 59.2 Å². The highest BCUT2D eigenvalue weighted by Crippen LogP contribution is 2.34. The zero-order chi connectivity index (χ0) is 21.1. The Labute approximate surface area is 174 Å². The lowest BCUT2D eigenvalue weighted by molar-refractivity contribution is 0.104. The molecule has 0 aliphatic rings. The first-order valence-corrected chi connectivity index (χ1v) is 10.4. The Hall–Kier alpha value is -2.75. The van der Waals surface area contributed by atoms with Gasteiger partial charge in [-0.1, -0.05) is 32.9 Å². The van der Waals surface area contributed by atoms with Gasteiger partial charge < -0.3 is 14.2 Å². The summed E-state index contributed by atoms with van der Waals surface area (Å²) in [6.45, 7) is 10.1. The molecular formula is C25H32O4. The van der Waals surface area contributed by atoms with Crippen LogP contribution in [0.25, 0.3) is 6.08 Å². The van der Waals surface area contributed by atoms with E-state index in [0.29, 0.717) is 25.4 Å². The topological polar surface area (TPSA) is 44.8 Å². The number of ketones is 1. The van der Waals surface area contributed by atoms with Crippen molar-refractivity contribution in [1.82, 2.24) is 0 Å². The summed E-state index contributed by atoms with van der Waals surface area (Å²) in [5, 5.41) is 0. The summed E-state index contributed by atoms with van der Waals surface area (Å²) in [5.74, 6) is 2.24. The minimum atomic E-state index is -0.0474. The van der Waals surface area contributed by atoms with Gasteiger partial charge in [0.1, 0.15) is 5.75 Å². The van der Waals surface area contributed by atoms with Gasteiger partial charge in [-0.15, -0.1) is 0 Å². The Morgan fingerprint density at radius 1 is 0.828 bits per heavy atom. The van der Waals surface area contributed by atoms with E-state index >= 15 is 0 Å². The Bertz CT molecular complexity index is 806. The number of hydrogen-bond donors (Lipinski definition) is 0. The monoisotopic (exact) mass is 396 g/mol. The highest BCUT2D eigenvalue weighted by atomic mass is 16.5. The predicted octanol–water partition coefficient (Wildman–Crippen LogP) is 6.26. The van der Waals surface area contributed by atoms with E-state index in [1.54, 1.807) is 18.2 Å². The van der Waals surface area contributed by atoms with Crippen LogP contribution in [0.3, 0.4) is 0 Å². The van der Waals surface area contributed by atoms with E-state index in [2.05, 4.69) is 20.8 Å². The quantitative estimate of drug-likeness (QED) is 0.314. The van der Waals surface area contributed by atoms with Gasteiger partial charge in [-0.05, 0) is 68.2 Å². The number of allylic oxidation sites excluding steroid dienone is 1. The van der Waals surface area contributed by atoms with Crippen LogP contribution >= 0.6 is 0 Å². The third-order valence-corrected chi connectivity index (χ3v) is 4.35. The van der Waals surface area contributed by atoms with Crippen LogP contribution in [0.5, 0.6) is 17.2 Å². The van der Waals surface area contributed by atoms with Gasteiger partial charge in [0.15, 0.2) is 17.3 Å². The lowest BCUT2D eigenvalue weighted by atomic mass is 10.0. The van der Waals surface area contributed by atoms with Crippen molar-refractivity contribution in [2.45, 2.75) is 47.0 Å². The molecule has 0 aliphatic carbocycles. The van der Waals surface area contributed by atoms with E-state index in [1.807, 2.05) is 37.3 Å². The van der Waals surface area contributed by atoms with Crippen molar-refractivity contribution >= 4 is 11.9 Å². The largest absolute Gasteiger partial charge is 0.494 e. The summed E-state index contributed by atoms with van der Waals surface area (Å²) in [4.78, 5) is 12.5. The maximum atomic E-state index is 12.5. The number of rotatable bonds is 12. The summed E-state index contributed by atoms with van der Waals surface area (Å²) in [7, 11) is 0. The van der Waals surface area contributed by atoms with Gasteiger partial charge in [0.05, 0.1) is 19.8 Å². The van der Waals surface area contributed by atoms with Crippen LogP contribution in [0, 0.1) is 6.92 Å². The fourth-order valence-corrected chi connectivity index (χ4v) is 2.77. The van der Waals surface area contributed by atoms with E-state index in [-0.39, 0.29) is 5.78 Å². The predicted molar refractivity (Wildman–Crippen MR) is 118 cm³/mol. The lowest BCUT2D eigenvalue weighted by Crippen LogP contribution is -2.03. The highest BCUT2D eigenvalue weighted by molar-refractivity contribution is 6.07. The van der Waals surface area contributed by atoms with Gasteiger partial charge in [0, 0.05) is 11.1 Å². The number of benzene rings is 2. The van der Waals surface area contributed by atoms with Crippen LogP contribution < -0.4 is 14.2 Å². The number of ether oxygens (including phenoxy) is 3. The van der Waals surface area contributed by atoms with E-state index in [4.69, 9.17) is 14.2 Å². The minimum absolute atomic E-state index is 0.0474. The maximum Gasteiger partial charge on any atom is 0.185 e. The molecule has 0 spiro atoms. The minimum Gasteiger partial charge on any atom is -0.494 e. The fraction of sp³-hybridized carbons (Fsp3) is 0.400. The van der Waals surface area contributed by atoms with Crippen LogP contribution in [0.15, 0.2) is 42.5 Å². The van der Waals surface area contributed by atoms with Gasteiger partial charge in [0.25, 0.3) is 0 Å². The van der Waals surface area contributed by atoms with Gasteiger partial charge in [-0.3, -0.25) is 4.79 Å². The average molecular weight is 397 g/mol. The van der Waals surface area contributed by atoms with E-state index in [1.165, 1.54) is 0 Å². The van der Waals surface area contributed by atoms with Crippen molar-refractivity contribution in [1.29, 1.82) is 0 Å². The van der Waals surface area contributed by atoms with Crippen LogP contribution in [0.1, 0.15) is 61.5 Å². The molecule has 0 saturated carbocycles. The number of carbonyl (C=O) groups is 1. The van der Waals surface area contributed by atoms with E-state index in [0.717, 1.165) is 47.6 Å². The molecule has 0 aliphatic heterocycles. The molecule has 0 aromatic heterocycles. The van der Waals surface area contributed by atoms with Crippen LogP contribution in [0.2, 0.25) is 0 Å². The van der Waals surface area contributed by atoms with Crippen molar-refractivity contribution in [2.24, 2.45) is 0 Å². The van der Waals surface area contributed by atoms with Crippen LogP contribution in [-0.2, 0) is 0 Å². The van der Waals surface area contributed by atoms with Crippen molar-refractivity contribution in [3.8, 4) is 17.2 Å². The van der Waals surface area contributed by atoms with Gasteiger partial charge in [0.2, 0.25) is 0 Å². The molecular weight excluding hydrogens is 364 g/mol. The molecule has 2 rings (SSSR count). The molecule has 156 valence electrons. The first kappa shape index (κ1) is 22.5. The molecule has 0 amide bonds. The maximum absolute atomic E-state index is 12.5. The summed E-state index contributed by atoms with van der Waals surface area (Å²) in [6, 6.07) is 11.1. The first-order valence-electron chi connectivity index (χ1n) is 10.4. The fourth-order valence-electron chi connectivity index (χ4n) is 2.77.